The van der Waals surface area contributed by atoms with Crippen LogP contribution in [0.15, 0.2) is 49.1 Å². The molecule has 33 heavy (non-hydrogen) atoms. The molecule has 0 bridgehead atoms. The van der Waals surface area contributed by atoms with Gasteiger partial charge in [0.05, 0.1) is 17.2 Å². The van der Waals surface area contributed by atoms with Crippen LogP contribution in [0.5, 0.6) is 0 Å². The van der Waals surface area contributed by atoms with Crippen LogP contribution in [0.3, 0.4) is 0 Å². The first-order valence-corrected chi connectivity index (χ1v) is 11.3. The summed E-state index contributed by atoms with van der Waals surface area (Å²) in [5, 5.41) is 3.34. The number of carbonyl (C=O) groups excluding carboxylic acids is 1. The Balaban J connectivity index is 1.44. The topological polar surface area (TPSA) is 92.7 Å². The van der Waals surface area contributed by atoms with Crippen LogP contribution in [0.1, 0.15) is 43.4 Å². The molecule has 3 heterocycles. The zero-order valence-corrected chi connectivity index (χ0v) is 18.5. The second-order valence-corrected chi connectivity index (χ2v) is 8.67. The minimum atomic E-state index is -4.48. The molecule has 7 nitrogen and oxygen atoms in total. The van der Waals surface area contributed by atoms with Crippen LogP contribution in [0.4, 0.5) is 24.9 Å². The van der Waals surface area contributed by atoms with Crippen LogP contribution >= 0.6 is 11.9 Å². The highest BCUT2D eigenvalue weighted by Crippen LogP contribution is 2.34. The summed E-state index contributed by atoms with van der Waals surface area (Å²) >= 11 is 1.58. The van der Waals surface area contributed by atoms with Crippen LogP contribution in [-0.4, -0.2) is 31.1 Å². The van der Waals surface area contributed by atoms with E-state index in [0.717, 1.165) is 12.3 Å². The zero-order chi connectivity index (χ0) is 23.4. The van der Waals surface area contributed by atoms with E-state index >= 15 is 0 Å². The second-order valence-electron chi connectivity index (χ2n) is 7.57. The maximum Gasteiger partial charge on any atom is 0.417 e. The molecule has 0 aromatic carbocycles. The summed E-state index contributed by atoms with van der Waals surface area (Å²) in [7, 11) is 0. The molecule has 1 aliphatic carbocycles. The monoisotopic (exact) mass is 474 g/mol. The van der Waals surface area contributed by atoms with Gasteiger partial charge in [0.2, 0.25) is 11.9 Å². The van der Waals surface area contributed by atoms with E-state index in [-0.39, 0.29) is 11.5 Å². The van der Waals surface area contributed by atoms with Crippen molar-refractivity contribution in [1.29, 1.82) is 0 Å². The number of halogens is 3. The summed E-state index contributed by atoms with van der Waals surface area (Å²) < 4.78 is 41.9. The molecule has 1 amide bonds. The molecule has 0 saturated heterocycles. The SMILES string of the molecule is CCC(C(=O)Nc1ccc(-c2cncc(C(F)(F)F)c2)cn1)c1ccnc(NSC2CC2)n1. The van der Waals surface area contributed by atoms with E-state index in [1.54, 1.807) is 36.3 Å². The number of hydrogen-bond acceptors (Lipinski definition) is 7. The highest BCUT2D eigenvalue weighted by Gasteiger charge is 2.31. The van der Waals surface area contributed by atoms with Gasteiger partial charge < -0.3 is 5.32 Å². The van der Waals surface area contributed by atoms with Gasteiger partial charge in [0.25, 0.3) is 0 Å². The number of alkyl halides is 3. The van der Waals surface area contributed by atoms with Gasteiger partial charge in [-0.15, -0.1) is 0 Å². The molecule has 11 heteroatoms. The second kappa shape index (κ2) is 9.74. The van der Waals surface area contributed by atoms with E-state index in [2.05, 4.69) is 30.0 Å². The Morgan fingerprint density at radius 1 is 1.15 bits per heavy atom. The number of pyridine rings is 2. The van der Waals surface area contributed by atoms with Crippen LogP contribution in [-0.2, 0) is 11.0 Å². The molecule has 1 aliphatic rings. The van der Waals surface area contributed by atoms with Crippen LogP contribution in [0.2, 0.25) is 0 Å². The van der Waals surface area contributed by atoms with E-state index in [9.17, 15) is 18.0 Å². The average molecular weight is 475 g/mol. The summed E-state index contributed by atoms with van der Waals surface area (Å²) in [4.78, 5) is 29.4. The highest BCUT2D eigenvalue weighted by atomic mass is 32.2. The van der Waals surface area contributed by atoms with Crippen molar-refractivity contribution in [3.8, 4) is 11.1 Å². The van der Waals surface area contributed by atoms with Gasteiger partial charge in [-0.3, -0.25) is 14.5 Å². The van der Waals surface area contributed by atoms with Crippen molar-refractivity contribution >= 4 is 29.6 Å². The third-order valence-corrected chi connectivity index (χ3v) is 6.12. The Morgan fingerprint density at radius 3 is 2.64 bits per heavy atom. The number of rotatable bonds is 8. The Morgan fingerprint density at radius 2 is 1.97 bits per heavy atom. The molecule has 1 atom stereocenters. The number of nitrogens with one attached hydrogen (secondary N) is 2. The predicted molar refractivity (Wildman–Crippen MR) is 120 cm³/mol. The molecule has 172 valence electrons. The summed E-state index contributed by atoms with van der Waals surface area (Å²) in [6.45, 7) is 1.88. The molecule has 1 unspecified atom stereocenters. The first-order chi connectivity index (χ1) is 15.8. The highest BCUT2D eigenvalue weighted by molar-refractivity contribution is 8.01. The largest absolute Gasteiger partial charge is 0.417 e. The molecule has 0 spiro atoms. The standard InChI is InChI=1S/C22H21F3N6OS/c1-2-17(18-7-8-27-21(29-18)31-33-16-4-5-16)20(32)30-19-6-3-13(11-28-19)14-9-15(12-26-10-14)22(23,24)25/h3,6-12,16-17H,2,4-5H2,1H3,(H,27,29,31)(H,28,30,32). The maximum atomic E-state index is 12.9. The number of amides is 1. The molecule has 1 saturated carbocycles. The lowest BCUT2D eigenvalue weighted by atomic mass is 10.0. The Kier molecular flexibility index (Phi) is 6.77. The zero-order valence-electron chi connectivity index (χ0n) is 17.6. The van der Waals surface area contributed by atoms with E-state index in [0.29, 0.717) is 34.7 Å². The van der Waals surface area contributed by atoms with Crippen molar-refractivity contribution in [2.75, 3.05) is 10.0 Å². The van der Waals surface area contributed by atoms with Gasteiger partial charge >= 0.3 is 6.18 Å². The number of carbonyl (C=O) groups is 1. The van der Waals surface area contributed by atoms with Crippen molar-refractivity contribution in [3.05, 3.63) is 60.3 Å². The molecule has 3 aromatic rings. The van der Waals surface area contributed by atoms with Gasteiger partial charge in [-0.25, -0.2) is 15.0 Å². The first kappa shape index (κ1) is 23.0. The molecular weight excluding hydrogens is 453 g/mol. The number of anilines is 2. The molecule has 0 radical (unpaired) electrons. The molecular formula is C22H21F3N6OS. The minimum absolute atomic E-state index is 0.280. The summed E-state index contributed by atoms with van der Waals surface area (Å²) in [5.74, 6) is -0.0294. The lowest BCUT2D eigenvalue weighted by molar-refractivity contribution is -0.137. The number of hydrogen-bond donors (Lipinski definition) is 2. The molecule has 2 N–H and O–H groups in total. The lowest BCUT2D eigenvalue weighted by Gasteiger charge is -2.15. The van der Waals surface area contributed by atoms with Gasteiger partial charge in [0.1, 0.15) is 5.82 Å². The normalized spacial score (nSPS) is 14.5. The fourth-order valence-electron chi connectivity index (χ4n) is 3.07. The third-order valence-electron chi connectivity index (χ3n) is 5.01. The third kappa shape index (κ3) is 5.98. The van der Waals surface area contributed by atoms with Gasteiger partial charge in [-0.1, -0.05) is 6.92 Å². The van der Waals surface area contributed by atoms with Gasteiger partial charge in [0.15, 0.2) is 0 Å². The van der Waals surface area contributed by atoms with E-state index in [1.165, 1.54) is 25.2 Å². The predicted octanol–water partition coefficient (Wildman–Crippen LogP) is 5.31. The Labute approximate surface area is 192 Å². The van der Waals surface area contributed by atoms with Gasteiger partial charge in [-0.05, 0) is 55.5 Å². The summed E-state index contributed by atoms with van der Waals surface area (Å²) in [6.07, 6.45) is 3.51. The van der Waals surface area contributed by atoms with E-state index in [1.807, 2.05) is 6.92 Å². The fraction of sp³-hybridized carbons (Fsp3) is 0.318. The first-order valence-electron chi connectivity index (χ1n) is 10.4. The molecule has 1 fully saturated rings. The Bertz CT molecular complexity index is 1120. The number of aromatic nitrogens is 4. The lowest BCUT2D eigenvalue weighted by Crippen LogP contribution is -2.22. The van der Waals surface area contributed by atoms with Crippen molar-refractivity contribution < 1.29 is 18.0 Å². The number of nitrogens with zero attached hydrogens (tertiary/aromatic N) is 4. The van der Waals surface area contributed by atoms with Crippen LogP contribution in [0.25, 0.3) is 11.1 Å². The fourth-order valence-corrected chi connectivity index (χ4v) is 3.81. The summed E-state index contributed by atoms with van der Waals surface area (Å²) in [5.41, 5.74) is 0.498. The van der Waals surface area contributed by atoms with Crippen LogP contribution < -0.4 is 10.0 Å². The average Bonchev–Trinajstić information content (AvgIpc) is 3.63. The molecule has 4 rings (SSSR count). The smallest absolute Gasteiger partial charge is 0.310 e. The molecule has 0 aliphatic heterocycles. The Hall–Kier alpha value is -3.21. The maximum absolute atomic E-state index is 12.9. The minimum Gasteiger partial charge on any atom is -0.310 e. The van der Waals surface area contributed by atoms with Crippen molar-refractivity contribution in [3.63, 3.8) is 0 Å². The van der Waals surface area contributed by atoms with E-state index < -0.39 is 17.7 Å². The van der Waals surface area contributed by atoms with Gasteiger partial charge in [0, 0.05) is 41.2 Å². The summed E-state index contributed by atoms with van der Waals surface area (Å²) in [6, 6.07) is 5.84. The van der Waals surface area contributed by atoms with Crippen LogP contribution in [0, 0.1) is 0 Å². The van der Waals surface area contributed by atoms with E-state index in [4.69, 9.17) is 0 Å². The van der Waals surface area contributed by atoms with Gasteiger partial charge in [-0.2, -0.15) is 13.2 Å². The molecule has 3 aromatic heterocycles. The van der Waals surface area contributed by atoms with Crippen molar-refractivity contribution in [2.45, 2.75) is 43.5 Å². The quantitative estimate of drug-likeness (QED) is 0.428. The van der Waals surface area contributed by atoms with Crippen molar-refractivity contribution in [2.24, 2.45) is 0 Å². The van der Waals surface area contributed by atoms with Crippen molar-refractivity contribution in [1.82, 2.24) is 19.9 Å².